The van der Waals surface area contributed by atoms with Crippen LogP contribution in [-0.2, 0) is 6.54 Å². The highest BCUT2D eigenvalue weighted by molar-refractivity contribution is 7.11. The molecular formula is C24H24FN3O2S. The minimum atomic E-state index is -0.483. The number of nitrogens with one attached hydrogen (secondary N) is 1. The molecule has 0 fully saturated rings. The molecule has 4 rings (SSSR count). The number of hydrogen-bond donors (Lipinski definition) is 1. The van der Waals surface area contributed by atoms with Crippen molar-refractivity contribution in [2.24, 2.45) is 0 Å². The number of halogens is 1. The molecule has 4 aromatic rings. The second-order valence-corrected chi connectivity index (χ2v) is 8.52. The van der Waals surface area contributed by atoms with E-state index in [4.69, 9.17) is 4.74 Å². The zero-order valence-electron chi connectivity index (χ0n) is 17.5. The van der Waals surface area contributed by atoms with E-state index in [1.54, 1.807) is 12.1 Å². The first-order valence-corrected chi connectivity index (χ1v) is 10.9. The van der Waals surface area contributed by atoms with Gasteiger partial charge in [-0.25, -0.2) is 9.18 Å². The molecule has 160 valence electrons. The molecule has 0 radical (unpaired) electrons. The lowest BCUT2D eigenvalue weighted by Gasteiger charge is -2.24. The molecule has 0 atom stereocenters. The lowest BCUT2D eigenvalue weighted by atomic mass is 10.0. The molecule has 0 aliphatic carbocycles. The number of likely N-dealkylation sites (N-methyl/N-ethyl adjacent to an activating group) is 1. The van der Waals surface area contributed by atoms with Crippen molar-refractivity contribution in [1.82, 2.24) is 14.8 Å². The van der Waals surface area contributed by atoms with E-state index in [1.165, 1.54) is 22.3 Å². The van der Waals surface area contributed by atoms with E-state index in [2.05, 4.69) is 11.1 Å². The first kappa shape index (κ1) is 21.1. The van der Waals surface area contributed by atoms with Gasteiger partial charge in [0.25, 0.3) is 0 Å². The fraction of sp³-hybridized carbons (Fsp3) is 0.208. The molecule has 0 saturated heterocycles. The van der Waals surface area contributed by atoms with Gasteiger partial charge in [-0.15, -0.1) is 11.3 Å². The van der Waals surface area contributed by atoms with Crippen LogP contribution in [0.4, 0.5) is 9.18 Å². The van der Waals surface area contributed by atoms with E-state index in [-0.39, 0.29) is 12.4 Å². The Balaban J connectivity index is 1.59. The first-order chi connectivity index (χ1) is 15.0. The number of fused-ring (bicyclic) bond motifs is 1. The number of aromatic nitrogens is 1. The molecule has 0 aliphatic heterocycles. The quantitative estimate of drug-likeness (QED) is 0.410. The average Bonchev–Trinajstić information content (AvgIpc) is 3.43. The number of benzene rings is 2. The molecule has 0 spiro atoms. The van der Waals surface area contributed by atoms with Gasteiger partial charge in [0.2, 0.25) is 0 Å². The number of carbonyl (C=O) groups excluding carboxylic acids is 1. The number of amides is 1. The van der Waals surface area contributed by atoms with Crippen LogP contribution in [0.15, 0.2) is 66.2 Å². The molecule has 1 N–H and O–H groups in total. The van der Waals surface area contributed by atoms with Gasteiger partial charge in [0, 0.05) is 30.4 Å². The standard InChI is InChI=1S/C24H24FN3O2S/c1-27(2)11-12-28(24(29)30-23-4-3-13-31-23)16-20-15-17(5-7-21(20)25)18-6-8-22-19(14-18)9-10-26-22/h3-10,13-15,26H,11-12,16H2,1-2H3. The third kappa shape index (κ3) is 5.13. The predicted octanol–water partition coefficient (Wildman–Crippen LogP) is 5.60. The molecular weight excluding hydrogens is 413 g/mol. The summed E-state index contributed by atoms with van der Waals surface area (Å²) in [7, 11) is 3.86. The van der Waals surface area contributed by atoms with Gasteiger partial charge >= 0.3 is 6.09 Å². The van der Waals surface area contributed by atoms with Crippen molar-refractivity contribution in [3.05, 3.63) is 77.6 Å². The van der Waals surface area contributed by atoms with E-state index in [1.807, 2.05) is 60.9 Å². The van der Waals surface area contributed by atoms with Crippen molar-refractivity contribution >= 4 is 28.3 Å². The fourth-order valence-corrected chi connectivity index (χ4v) is 3.91. The van der Waals surface area contributed by atoms with Crippen LogP contribution in [-0.4, -0.2) is 48.1 Å². The minimum absolute atomic E-state index is 0.129. The second kappa shape index (κ2) is 9.32. The Labute approximate surface area is 184 Å². The maximum absolute atomic E-state index is 14.7. The summed E-state index contributed by atoms with van der Waals surface area (Å²) in [5.74, 6) is -0.342. The van der Waals surface area contributed by atoms with Gasteiger partial charge in [0.15, 0.2) is 5.06 Å². The second-order valence-electron chi connectivity index (χ2n) is 7.61. The Morgan fingerprint density at radius 2 is 1.87 bits per heavy atom. The minimum Gasteiger partial charge on any atom is -0.399 e. The number of thiophene rings is 1. The van der Waals surface area contributed by atoms with Crippen LogP contribution in [0.5, 0.6) is 5.06 Å². The molecule has 0 aliphatic rings. The fourth-order valence-electron chi connectivity index (χ4n) is 3.34. The van der Waals surface area contributed by atoms with E-state index < -0.39 is 6.09 Å². The maximum atomic E-state index is 14.7. The molecule has 0 saturated carbocycles. The number of carbonyl (C=O) groups is 1. The van der Waals surface area contributed by atoms with Crippen LogP contribution in [0, 0.1) is 5.82 Å². The highest BCUT2D eigenvalue weighted by atomic mass is 32.1. The van der Waals surface area contributed by atoms with Gasteiger partial charge in [-0.1, -0.05) is 12.1 Å². The predicted molar refractivity (Wildman–Crippen MR) is 123 cm³/mol. The third-order valence-corrected chi connectivity index (χ3v) is 5.80. The van der Waals surface area contributed by atoms with Gasteiger partial charge in [-0.3, -0.25) is 0 Å². The van der Waals surface area contributed by atoms with Crippen LogP contribution in [0.1, 0.15) is 5.56 Å². The lowest BCUT2D eigenvalue weighted by Crippen LogP contribution is -2.38. The van der Waals surface area contributed by atoms with Crippen molar-refractivity contribution in [3.63, 3.8) is 0 Å². The number of hydrogen-bond acceptors (Lipinski definition) is 4. The van der Waals surface area contributed by atoms with Gasteiger partial charge in [0.05, 0.1) is 6.54 Å². The highest BCUT2D eigenvalue weighted by Gasteiger charge is 2.19. The molecule has 2 heterocycles. The van der Waals surface area contributed by atoms with Gasteiger partial charge in [-0.05, 0) is 78.5 Å². The van der Waals surface area contributed by atoms with Crippen molar-refractivity contribution < 1.29 is 13.9 Å². The van der Waals surface area contributed by atoms with Gasteiger partial charge in [0.1, 0.15) is 5.82 Å². The number of ether oxygens (including phenoxy) is 1. The third-order valence-electron chi connectivity index (χ3n) is 5.05. The Morgan fingerprint density at radius 1 is 1.06 bits per heavy atom. The highest BCUT2D eigenvalue weighted by Crippen LogP contribution is 2.27. The largest absolute Gasteiger partial charge is 0.416 e. The Bertz CT molecular complexity index is 1170. The summed E-state index contributed by atoms with van der Waals surface area (Å²) in [6.07, 6.45) is 1.41. The van der Waals surface area contributed by atoms with Gasteiger partial charge in [-0.2, -0.15) is 0 Å². The van der Waals surface area contributed by atoms with Crippen molar-refractivity contribution in [2.45, 2.75) is 6.54 Å². The Kier molecular flexibility index (Phi) is 6.34. The van der Waals surface area contributed by atoms with E-state index >= 15 is 0 Å². The number of H-pyrrole nitrogens is 1. The van der Waals surface area contributed by atoms with Crippen LogP contribution >= 0.6 is 11.3 Å². The summed E-state index contributed by atoms with van der Waals surface area (Å²) in [5.41, 5.74) is 3.40. The Hall–Kier alpha value is -3.16. The zero-order valence-corrected chi connectivity index (χ0v) is 18.3. The van der Waals surface area contributed by atoms with Crippen LogP contribution in [0.2, 0.25) is 0 Å². The molecule has 31 heavy (non-hydrogen) atoms. The molecule has 0 unspecified atom stereocenters. The summed E-state index contributed by atoms with van der Waals surface area (Å²) in [4.78, 5) is 19.5. The number of aromatic amines is 1. The summed E-state index contributed by atoms with van der Waals surface area (Å²) in [6.45, 7) is 1.20. The summed E-state index contributed by atoms with van der Waals surface area (Å²) >= 11 is 1.35. The summed E-state index contributed by atoms with van der Waals surface area (Å²) in [5, 5.41) is 3.46. The van der Waals surface area contributed by atoms with E-state index in [9.17, 15) is 9.18 Å². The SMILES string of the molecule is CN(C)CCN(Cc1cc(-c2ccc3[nH]ccc3c2)ccc1F)C(=O)Oc1cccs1. The smallest absolute Gasteiger partial charge is 0.399 e. The lowest BCUT2D eigenvalue weighted by molar-refractivity contribution is 0.145. The van der Waals surface area contributed by atoms with Crippen molar-refractivity contribution in [1.29, 1.82) is 0 Å². The maximum Gasteiger partial charge on any atom is 0.416 e. The summed E-state index contributed by atoms with van der Waals surface area (Å²) in [6, 6.07) is 16.7. The molecule has 0 bridgehead atoms. The topological polar surface area (TPSA) is 48.6 Å². The Morgan fingerprint density at radius 3 is 2.65 bits per heavy atom. The van der Waals surface area contributed by atoms with Gasteiger partial charge < -0.3 is 19.5 Å². The molecule has 7 heteroatoms. The van der Waals surface area contributed by atoms with Crippen LogP contribution in [0.3, 0.4) is 0 Å². The molecule has 2 aromatic carbocycles. The average molecular weight is 438 g/mol. The van der Waals surface area contributed by atoms with Crippen molar-refractivity contribution in [3.8, 4) is 16.2 Å². The number of nitrogens with zero attached hydrogens (tertiary/aromatic N) is 2. The molecule has 2 aromatic heterocycles. The monoisotopic (exact) mass is 437 g/mol. The molecule has 5 nitrogen and oxygen atoms in total. The van der Waals surface area contributed by atoms with Crippen LogP contribution < -0.4 is 4.74 Å². The normalized spacial score (nSPS) is 11.2. The molecule has 1 amide bonds. The summed E-state index contributed by atoms with van der Waals surface area (Å²) < 4.78 is 20.2. The first-order valence-electron chi connectivity index (χ1n) is 10.0. The van der Waals surface area contributed by atoms with Crippen LogP contribution in [0.25, 0.3) is 22.0 Å². The van der Waals surface area contributed by atoms with E-state index in [0.717, 1.165) is 22.0 Å². The number of rotatable bonds is 7. The zero-order chi connectivity index (χ0) is 21.8. The van der Waals surface area contributed by atoms with Crippen molar-refractivity contribution in [2.75, 3.05) is 27.2 Å². The van der Waals surface area contributed by atoms with E-state index in [0.29, 0.717) is 23.7 Å².